The summed E-state index contributed by atoms with van der Waals surface area (Å²) in [7, 11) is 1.60. The molecular formula is C20H19N3O2. The minimum Gasteiger partial charge on any atom is -0.496 e. The maximum Gasteiger partial charge on any atom is 0.224 e. The van der Waals surface area contributed by atoms with Gasteiger partial charge in [-0.05, 0) is 29.8 Å². The van der Waals surface area contributed by atoms with Gasteiger partial charge in [0.2, 0.25) is 5.91 Å². The smallest absolute Gasteiger partial charge is 0.224 e. The van der Waals surface area contributed by atoms with E-state index < -0.39 is 0 Å². The lowest BCUT2D eigenvalue weighted by Crippen LogP contribution is -2.25. The SMILES string of the molecule is COc1ccccc1CC(=O)NCc1cccnc1-c1cccnc1. The number of nitrogens with zero attached hydrogens (tertiary/aromatic N) is 2. The first-order chi connectivity index (χ1) is 12.3. The Morgan fingerprint density at radius 3 is 2.64 bits per heavy atom. The first kappa shape index (κ1) is 16.6. The van der Waals surface area contributed by atoms with E-state index in [0.717, 1.165) is 28.1 Å². The molecule has 0 radical (unpaired) electrons. The monoisotopic (exact) mass is 333 g/mol. The highest BCUT2D eigenvalue weighted by molar-refractivity contribution is 5.79. The molecule has 0 aliphatic carbocycles. The van der Waals surface area contributed by atoms with E-state index in [1.165, 1.54) is 0 Å². The van der Waals surface area contributed by atoms with Crippen molar-refractivity contribution in [1.82, 2.24) is 15.3 Å². The van der Waals surface area contributed by atoms with Gasteiger partial charge in [-0.3, -0.25) is 14.8 Å². The number of aromatic nitrogens is 2. The van der Waals surface area contributed by atoms with Crippen LogP contribution in [0.2, 0.25) is 0 Å². The van der Waals surface area contributed by atoms with E-state index in [1.807, 2.05) is 48.5 Å². The molecule has 0 unspecified atom stereocenters. The van der Waals surface area contributed by atoms with Gasteiger partial charge in [-0.25, -0.2) is 0 Å². The summed E-state index contributed by atoms with van der Waals surface area (Å²) in [4.78, 5) is 20.9. The van der Waals surface area contributed by atoms with Gasteiger partial charge in [0.05, 0.1) is 19.2 Å². The van der Waals surface area contributed by atoms with Gasteiger partial charge in [-0.2, -0.15) is 0 Å². The Morgan fingerprint density at radius 2 is 1.84 bits per heavy atom. The molecule has 1 N–H and O–H groups in total. The fourth-order valence-electron chi connectivity index (χ4n) is 2.62. The summed E-state index contributed by atoms with van der Waals surface area (Å²) >= 11 is 0. The molecule has 0 aliphatic rings. The molecule has 2 aromatic heterocycles. The van der Waals surface area contributed by atoms with Crippen molar-refractivity contribution in [3.63, 3.8) is 0 Å². The second kappa shape index (κ2) is 8.06. The van der Waals surface area contributed by atoms with Gasteiger partial charge in [0.1, 0.15) is 5.75 Å². The van der Waals surface area contributed by atoms with E-state index in [1.54, 1.807) is 25.7 Å². The Hall–Kier alpha value is -3.21. The molecule has 0 atom stereocenters. The molecular weight excluding hydrogens is 314 g/mol. The van der Waals surface area contributed by atoms with Crippen molar-refractivity contribution >= 4 is 5.91 Å². The third-order valence-electron chi connectivity index (χ3n) is 3.85. The summed E-state index contributed by atoms with van der Waals surface area (Å²) in [5, 5.41) is 2.95. The van der Waals surface area contributed by atoms with Gasteiger partial charge < -0.3 is 10.1 Å². The number of nitrogens with one attached hydrogen (secondary N) is 1. The third kappa shape index (κ3) is 4.20. The second-order valence-electron chi connectivity index (χ2n) is 5.52. The fraction of sp³-hybridized carbons (Fsp3) is 0.150. The van der Waals surface area contributed by atoms with E-state index in [2.05, 4.69) is 15.3 Å². The van der Waals surface area contributed by atoms with Crippen LogP contribution in [-0.4, -0.2) is 23.0 Å². The van der Waals surface area contributed by atoms with Gasteiger partial charge in [0.15, 0.2) is 0 Å². The normalized spacial score (nSPS) is 10.3. The van der Waals surface area contributed by atoms with E-state index in [9.17, 15) is 4.79 Å². The number of carbonyl (C=O) groups excluding carboxylic acids is 1. The first-order valence-corrected chi connectivity index (χ1v) is 8.01. The summed E-state index contributed by atoms with van der Waals surface area (Å²) in [6, 6.07) is 15.2. The van der Waals surface area contributed by atoms with Crippen molar-refractivity contribution in [1.29, 1.82) is 0 Å². The second-order valence-corrected chi connectivity index (χ2v) is 5.52. The van der Waals surface area contributed by atoms with Gasteiger partial charge in [0, 0.05) is 36.3 Å². The van der Waals surface area contributed by atoms with Crippen molar-refractivity contribution in [2.45, 2.75) is 13.0 Å². The van der Waals surface area contributed by atoms with Crippen molar-refractivity contribution in [2.75, 3.05) is 7.11 Å². The van der Waals surface area contributed by atoms with Crippen molar-refractivity contribution in [3.8, 4) is 17.0 Å². The number of pyridine rings is 2. The third-order valence-corrected chi connectivity index (χ3v) is 3.85. The number of amides is 1. The Balaban J connectivity index is 1.69. The van der Waals surface area contributed by atoms with Crippen LogP contribution in [0.5, 0.6) is 5.75 Å². The molecule has 3 rings (SSSR count). The van der Waals surface area contributed by atoms with Gasteiger partial charge in [0.25, 0.3) is 0 Å². The number of methoxy groups -OCH3 is 1. The minimum absolute atomic E-state index is 0.0644. The molecule has 0 saturated carbocycles. The highest BCUT2D eigenvalue weighted by Crippen LogP contribution is 2.20. The summed E-state index contributed by atoms with van der Waals surface area (Å²) < 4.78 is 5.29. The van der Waals surface area contributed by atoms with E-state index >= 15 is 0 Å². The van der Waals surface area contributed by atoms with Crippen LogP contribution in [0, 0.1) is 0 Å². The minimum atomic E-state index is -0.0644. The summed E-state index contributed by atoms with van der Waals surface area (Å²) in [6.07, 6.45) is 5.50. The van der Waals surface area contributed by atoms with Crippen molar-refractivity contribution < 1.29 is 9.53 Å². The van der Waals surface area contributed by atoms with Gasteiger partial charge in [-0.1, -0.05) is 24.3 Å². The van der Waals surface area contributed by atoms with Crippen LogP contribution in [0.25, 0.3) is 11.3 Å². The predicted molar refractivity (Wildman–Crippen MR) is 96.0 cm³/mol. The number of carbonyl (C=O) groups is 1. The zero-order chi connectivity index (χ0) is 17.5. The van der Waals surface area contributed by atoms with Crippen LogP contribution in [0.15, 0.2) is 67.1 Å². The number of hydrogen-bond donors (Lipinski definition) is 1. The van der Waals surface area contributed by atoms with Crippen molar-refractivity contribution in [3.05, 3.63) is 78.2 Å². The number of benzene rings is 1. The molecule has 1 amide bonds. The van der Waals surface area contributed by atoms with Crippen LogP contribution in [0.4, 0.5) is 0 Å². The molecule has 5 heteroatoms. The lowest BCUT2D eigenvalue weighted by Gasteiger charge is -2.11. The molecule has 25 heavy (non-hydrogen) atoms. The van der Waals surface area contributed by atoms with Crippen LogP contribution in [0.1, 0.15) is 11.1 Å². The molecule has 1 aromatic carbocycles. The topological polar surface area (TPSA) is 64.1 Å². The quantitative estimate of drug-likeness (QED) is 0.753. The Bertz CT molecular complexity index is 850. The average Bonchev–Trinajstić information content (AvgIpc) is 2.68. The first-order valence-electron chi connectivity index (χ1n) is 8.01. The molecule has 126 valence electrons. The predicted octanol–water partition coefficient (Wildman–Crippen LogP) is 3.01. The molecule has 3 aromatic rings. The molecule has 0 bridgehead atoms. The number of para-hydroxylation sites is 1. The Kier molecular flexibility index (Phi) is 5.36. The van der Waals surface area contributed by atoms with Crippen LogP contribution in [-0.2, 0) is 17.8 Å². The highest BCUT2D eigenvalue weighted by Gasteiger charge is 2.10. The van der Waals surface area contributed by atoms with Crippen LogP contribution >= 0.6 is 0 Å². The summed E-state index contributed by atoms with van der Waals surface area (Å²) in [5.74, 6) is 0.653. The van der Waals surface area contributed by atoms with E-state index in [0.29, 0.717) is 6.54 Å². The highest BCUT2D eigenvalue weighted by atomic mass is 16.5. The maximum absolute atomic E-state index is 12.3. The summed E-state index contributed by atoms with van der Waals surface area (Å²) in [6.45, 7) is 0.409. The van der Waals surface area contributed by atoms with E-state index in [-0.39, 0.29) is 12.3 Å². The Labute approximate surface area is 146 Å². The zero-order valence-corrected chi connectivity index (χ0v) is 14.0. The summed E-state index contributed by atoms with van der Waals surface area (Å²) in [5.41, 5.74) is 3.57. The van der Waals surface area contributed by atoms with Crippen LogP contribution in [0.3, 0.4) is 0 Å². The molecule has 2 heterocycles. The van der Waals surface area contributed by atoms with Crippen molar-refractivity contribution in [2.24, 2.45) is 0 Å². The number of ether oxygens (including phenoxy) is 1. The lowest BCUT2D eigenvalue weighted by atomic mass is 10.1. The molecule has 0 spiro atoms. The van der Waals surface area contributed by atoms with E-state index in [4.69, 9.17) is 4.74 Å². The molecule has 5 nitrogen and oxygen atoms in total. The largest absolute Gasteiger partial charge is 0.496 e. The standard InChI is InChI=1S/C20H19N3O2/c1-25-18-9-3-2-6-15(18)12-19(24)23-14-17-8-5-11-22-20(17)16-7-4-10-21-13-16/h2-11,13H,12,14H2,1H3,(H,23,24). The Morgan fingerprint density at radius 1 is 1.04 bits per heavy atom. The molecule has 0 saturated heterocycles. The number of rotatable bonds is 6. The maximum atomic E-state index is 12.3. The van der Waals surface area contributed by atoms with Gasteiger partial charge in [-0.15, -0.1) is 0 Å². The van der Waals surface area contributed by atoms with Gasteiger partial charge >= 0.3 is 0 Å². The zero-order valence-electron chi connectivity index (χ0n) is 14.0. The fourth-order valence-corrected chi connectivity index (χ4v) is 2.62. The number of hydrogen-bond acceptors (Lipinski definition) is 4. The molecule has 0 fully saturated rings. The van der Waals surface area contributed by atoms with Crippen LogP contribution < -0.4 is 10.1 Å². The lowest BCUT2D eigenvalue weighted by molar-refractivity contribution is -0.120. The molecule has 0 aliphatic heterocycles. The average molecular weight is 333 g/mol.